The topological polar surface area (TPSA) is 14.8 Å². The van der Waals surface area contributed by atoms with E-state index in [1.165, 1.54) is 154 Å². The van der Waals surface area contributed by atoms with Crippen LogP contribution < -0.4 is 49.2 Å². The van der Waals surface area contributed by atoms with Gasteiger partial charge >= 0.3 is 0 Å². The van der Waals surface area contributed by atoms with Crippen LogP contribution in [0.3, 0.4) is 0 Å². The highest BCUT2D eigenvalue weighted by Gasteiger charge is 2.36. The molecule has 0 radical (unpaired) electrons. The second kappa shape index (κ2) is 21.2. The minimum atomic E-state index is 0.230. The van der Waals surface area contributed by atoms with Gasteiger partial charge in [0.2, 0.25) is 20.1 Å². The van der Waals surface area contributed by atoms with Crippen molar-refractivity contribution >= 4 is 135 Å². The zero-order chi connectivity index (χ0) is 59.2. The molecule has 0 aliphatic carbocycles. The number of aromatic nitrogens is 3. The molecule has 3 aliphatic rings. The summed E-state index contributed by atoms with van der Waals surface area (Å²) in [5, 5.41) is 7.96. The van der Waals surface area contributed by atoms with Crippen LogP contribution >= 0.6 is 0 Å². The van der Waals surface area contributed by atoms with Gasteiger partial charge < -0.3 is 13.7 Å². The summed E-state index contributed by atoms with van der Waals surface area (Å²) >= 11 is 0. The zero-order valence-electron chi connectivity index (χ0n) is 49.4. The Balaban J connectivity index is 0.000000101. The van der Waals surface area contributed by atoms with Crippen LogP contribution in [0.15, 0.2) is 340 Å². The summed E-state index contributed by atoms with van der Waals surface area (Å²) in [4.78, 5) is 0. The van der Waals surface area contributed by atoms with E-state index in [1.54, 1.807) is 0 Å². The normalized spacial score (nSPS) is 12.4. The Morgan fingerprint density at radius 3 is 1.06 bits per heavy atom. The van der Waals surface area contributed by atoms with Gasteiger partial charge in [-0.3, -0.25) is 0 Å². The number of benzene rings is 14. The van der Waals surface area contributed by atoms with Gasteiger partial charge in [-0.2, -0.15) is 0 Å². The molecule has 0 amide bonds. The van der Waals surface area contributed by atoms with Gasteiger partial charge in [0.1, 0.15) is 0 Å². The van der Waals surface area contributed by atoms with Crippen LogP contribution in [0.25, 0.3) is 105 Å². The van der Waals surface area contributed by atoms with E-state index in [0.717, 1.165) is 0 Å². The predicted octanol–water partition coefficient (Wildman–Crippen LogP) is 14.2. The first-order valence-electron chi connectivity index (χ1n) is 31.4. The van der Waals surface area contributed by atoms with Crippen molar-refractivity contribution in [1.29, 1.82) is 0 Å². The summed E-state index contributed by atoms with van der Waals surface area (Å²) in [6, 6.07) is 123. The second-order valence-electron chi connectivity index (χ2n) is 24.1. The maximum Gasteiger partial charge on any atom is 0.246 e. The maximum atomic E-state index is 2.49. The largest absolute Gasteiger partial charge is 0.310 e. The number of para-hydroxylation sites is 7. The van der Waals surface area contributed by atoms with Crippen LogP contribution in [0, 0.1) is 0 Å². The van der Waals surface area contributed by atoms with Gasteiger partial charge in [0.15, 0.2) is 0 Å². The fraction of sp³-hybridized carbons (Fsp3) is 0. The van der Waals surface area contributed by atoms with E-state index in [-0.39, 0.29) is 20.1 Å². The van der Waals surface area contributed by atoms with Gasteiger partial charge in [0.25, 0.3) is 0 Å². The summed E-state index contributed by atoms with van der Waals surface area (Å²) in [6.45, 7) is 0.738. The third-order valence-corrected chi connectivity index (χ3v) is 19.4. The summed E-state index contributed by atoms with van der Waals surface area (Å²) in [7, 11) is 0. The molecule has 0 saturated carbocycles. The number of hydrogen-bond acceptors (Lipinski definition) is 0. The monoisotopic (exact) mass is 1140 g/mol. The van der Waals surface area contributed by atoms with Crippen LogP contribution in [0.4, 0.5) is 0 Å². The van der Waals surface area contributed by atoms with E-state index in [9.17, 15) is 0 Å². The van der Waals surface area contributed by atoms with Crippen molar-refractivity contribution in [3.05, 3.63) is 340 Å². The van der Waals surface area contributed by atoms with Gasteiger partial charge in [-0.1, -0.05) is 314 Å². The quantitative estimate of drug-likeness (QED) is 0.153. The lowest BCUT2D eigenvalue weighted by atomic mass is 9.35. The molecule has 0 bridgehead atoms. The lowest BCUT2D eigenvalue weighted by molar-refractivity contribution is 1.19. The molecule has 0 spiro atoms. The molecule has 3 aromatic heterocycles. The zero-order valence-corrected chi connectivity index (χ0v) is 49.4. The predicted molar refractivity (Wildman–Crippen MR) is 387 cm³/mol. The molecule has 6 heteroatoms. The molecule has 416 valence electrons. The van der Waals surface area contributed by atoms with E-state index >= 15 is 0 Å². The van der Waals surface area contributed by atoms with Crippen molar-refractivity contribution < 1.29 is 0 Å². The summed E-state index contributed by atoms with van der Waals surface area (Å²) < 4.78 is 7.42. The van der Waals surface area contributed by atoms with Gasteiger partial charge in [0, 0.05) is 65.9 Å². The lowest BCUT2D eigenvalue weighted by Gasteiger charge is -2.26. The summed E-state index contributed by atoms with van der Waals surface area (Å²) in [5.74, 6) is 0. The minimum Gasteiger partial charge on any atom is -0.310 e. The van der Waals surface area contributed by atoms with Crippen molar-refractivity contribution in [3.63, 3.8) is 0 Å². The fourth-order valence-corrected chi connectivity index (χ4v) is 15.7. The first-order valence-corrected chi connectivity index (χ1v) is 31.4. The first-order chi connectivity index (χ1) is 44.7. The lowest BCUT2D eigenvalue weighted by Crippen LogP contribution is -2.55. The minimum absolute atomic E-state index is 0.230. The van der Waals surface area contributed by atoms with E-state index in [2.05, 4.69) is 353 Å². The van der Waals surface area contributed by atoms with E-state index in [4.69, 9.17) is 0 Å². The molecule has 0 atom stereocenters. The third kappa shape index (κ3) is 8.04. The van der Waals surface area contributed by atoms with E-state index < -0.39 is 0 Å². The summed E-state index contributed by atoms with van der Waals surface area (Å²) in [5.41, 5.74) is 29.1. The van der Waals surface area contributed by atoms with Gasteiger partial charge in [-0.15, -0.1) is 0 Å². The van der Waals surface area contributed by atoms with Gasteiger partial charge in [-0.25, -0.2) is 0 Å². The Bertz CT molecular complexity index is 5620. The van der Waals surface area contributed by atoms with Crippen molar-refractivity contribution in [1.82, 2.24) is 13.7 Å². The first kappa shape index (κ1) is 51.9. The second-order valence-corrected chi connectivity index (χ2v) is 24.1. The smallest absolute Gasteiger partial charge is 0.246 e. The average Bonchev–Trinajstić information content (AvgIpc) is 1.54. The highest BCUT2D eigenvalue weighted by atomic mass is 15.0. The standard InChI is InChI=1S/2C30H20BN.C24H16BN/c1-3-11-21(12-4-1)23-15-10-20-28-29(23)24-16-9-18-26-30(24)32(28)27-19-8-7-17-25(27)31(26)22-13-5-2-6-14-22;1-3-10-21(11-4-1)22-18-19-28-25(20-22)24-14-9-16-27-30(24)32(28)29-17-8-7-15-26(29)31(27)23-12-5-2-6-13-23;1-2-9-17(10-3-1)25-20-13-5-7-16-23(20)26-22-15-6-4-11-18(22)19-12-8-14-21(25)24(19)26/h2*1-20H;1-16H. The van der Waals surface area contributed by atoms with Crippen LogP contribution in [-0.4, -0.2) is 33.8 Å². The van der Waals surface area contributed by atoms with Gasteiger partial charge in [0.05, 0.1) is 16.6 Å². The van der Waals surface area contributed by atoms with Crippen molar-refractivity contribution in [2.75, 3.05) is 0 Å². The Morgan fingerprint density at radius 2 is 0.544 bits per heavy atom. The number of fused-ring (bicyclic) bond motifs is 15. The third-order valence-electron chi connectivity index (χ3n) is 19.4. The number of hydrogen-bond donors (Lipinski definition) is 0. The maximum absolute atomic E-state index is 2.49. The van der Waals surface area contributed by atoms with Crippen LogP contribution in [0.1, 0.15) is 0 Å². The summed E-state index contributed by atoms with van der Waals surface area (Å²) in [6.07, 6.45) is 0. The van der Waals surface area contributed by atoms with Crippen molar-refractivity contribution in [2.45, 2.75) is 0 Å². The van der Waals surface area contributed by atoms with Crippen LogP contribution in [0.5, 0.6) is 0 Å². The number of nitrogens with zero attached hydrogens (tertiary/aromatic N) is 3. The molecule has 3 nitrogen and oxygen atoms in total. The molecule has 20 rings (SSSR count). The van der Waals surface area contributed by atoms with E-state index in [1.807, 2.05) is 0 Å². The molecule has 6 heterocycles. The molecule has 90 heavy (non-hydrogen) atoms. The van der Waals surface area contributed by atoms with Crippen LogP contribution in [0.2, 0.25) is 0 Å². The molecule has 17 aromatic rings. The number of rotatable bonds is 5. The molecular formula is C84H56B3N3. The average molecular weight is 1140 g/mol. The molecule has 3 aliphatic heterocycles. The van der Waals surface area contributed by atoms with Crippen molar-refractivity contribution in [2.24, 2.45) is 0 Å². The Morgan fingerprint density at radius 1 is 0.200 bits per heavy atom. The molecule has 0 unspecified atom stereocenters. The Hall–Kier alpha value is -11.3. The SMILES string of the molecule is c1ccc(B2c3ccccc3-n3c4ccc(-c5ccccc5)cc4c4cccc2c43)cc1.c1ccc(B2c3ccccc3-n3c4cccc(-c5ccccc5)c4c4cccc2c43)cc1.c1ccc(B2c3ccccc3-n3c4ccccc4c4cccc2c43)cc1. The Labute approximate surface area is 524 Å². The van der Waals surface area contributed by atoms with E-state index in [0.29, 0.717) is 0 Å². The van der Waals surface area contributed by atoms with Crippen LogP contribution in [-0.2, 0) is 0 Å². The molecule has 0 fully saturated rings. The Kier molecular flexibility index (Phi) is 12.2. The molecule has 0 saturated heterocycles. The highest BCUT2D eigenvalue weighted by Crippen LogP contribution is 2.40. The van der Waals surface area contributed by atoms with Gasteiger partial charge in [-0.05, 0) is 97.5 Å². The molecular weight excluding hydrogens is 1080 g/mol. The highest BCUT2D eigenvalue weighted by molar-refractivity contribution is 6.99. The fourth-order valence-electron chi connectivity index (χ4n) is 15.7. The van der Waals surface area contributed by atoms with Crippen molar-refractivity contribution in [3.8, 4) is 39.3 Å². The molecule has 14 aromatic carbocycles. The molecule has 0 N–H and O–H groups in total.